The second-order valence-corrected chi connectivity index (χ2v) is 5.03. The maximum Gasteiger partial charge on any atom is 0.238 e. The van der Waals surface area contributed by atoms with Crippen LogP contribution in [0.1, 0.15) is 12.8 Å². The van der Waals surface area contributed by atoms with Gasteiger partial charge in [-0.2, -0.15) is 0 Å². The molecule has 0 spiro atoms. The number of pyridine rings is 1. The molecule has 1 unspecified atom stereocenters. The van der Waals surface area contributed by atoms with Gasteiger partial charge in [-0.05, 0) is 30.7 Å². The maximum atomic E-state index is 11.7. The number of carbonyl (C=O) groups is 1. The van der Waals surface area contributed by atoms with Crippen LogP contribution in [-0.2, 0) is 4.79 Å². The first-order chi connectivity index (χ1) is 7.25. The Kier molecular flexibility index (Phi) is 3.49. The number of nitrogens with zero attached hydrogens (tertiary/aromatic N) is 1. The summed E-state index contributed by atoms with van der Waals surface area (Å²) in [7, 11) is 0. The Hall–Kier alpha value is -0.740. The van der Waals surface area contributed by atoms with Crippen molar-refractivity contribution >= 4 is 35.1 Å². The highest BCUT2D eigenvalue weighted by Gasteiger charge is 2.23. The normalized spacial score (nSPS) is 20.2. The minimum absolute atomic E-state index is 0.0345. The highest BCUT2D eigenvalue weighted by Crippen LogP contribution is 2.27. The van der Waals surface area contributed by atoms with Crippen LogP contribution in [0, 0.1) is 0 Å². The van der Waals surface area contributed by atoms with Crippen LogP contribution in [0.5, 0.6) is 0 Å². The summed E-state index contributed by atoms with van der Waals surface area (Å²) >= 11 is 7.42. The van der Waals surface area contributed by atoms with Crippen molar-refractivity contribution in [3.63, 3.8) is 0 Å². The number of halogens is 1. The minimum atomic E-state index is 0.0345. The van der Waals surface area contributed by atoms with Crippen molar-refractivity contribution < 1.29 is 4.79 Å². The molecule has 0 radical (unpaired) electrons. The number of thioether (sulfide) groups is 1. The Morgan fingerprint density at radius 3 is 3.13 bits per heavy atom. The summed E-state index contributed by atoms with van der Waals surface area (Å²) in [5.41, 5.74) is 0. The fourth-order valence-corrected chi connectivity index (χ4v) is 2.79. The van der Waals surface area contributed by atoms with E-state index in [1.165, 1.54) is 0 Å². The van der Waals surface area contributed by atoms with Crippen LogP contribution >= 0.6 is 23.4 Å². The van der Waals surface area contributed by atoms with Crippen molar-refractivity contribution in [1.29, 1.82) is 0 Å². The average molecular weight is 243 g/mol. The molecule has 0 aliphatic carbocycles. The van der Waals surface area contributed by atoms with Crippen molar-refractivity contribution in [2.75, 3.05) is 11.1 Å². The van der Waals surface area contributed by atoms with Crippen LogP contribution in [0.2, 0.25) is 5.15 Å². The van der Waals surface area contributed by atoms with Crippen LogP contribution in [-0.4, -0.2) is 21.9 Å². The molecule has 1 amide bonds. The summed E-state index contributed by atoms with van der Waals surface area (Å²) < 4.78 is 0. The van der Waals surface area contributed by atoms with E-state index >= 15 is 0 Å². The standard InChI is InChI=1S/C10H11ClN2OS/c11-8-4-1-5-9(12-8)13-10(14)7-3-2-6-15-7/h1,4-5,7H,2-3,6H2,(H,12,13,14). The van der Waals surface area contributed by atoms with E-state index in [-0.39, 0.29) is 11.2 Å². The molecule has 0 saturated carbocycles. The third-order valence-electron chi connectivity index (χ3n) is 2.19. The minimum Gasteiger partial charge on any atom is -0.310 e. The van der Waals surface area contributed by atoms with Gasteiger partial charge in [0.1, 0.15) is 11.0 Å². The fourth-order valence-electron chi connectivity index (χ4n) is 1.47. The van der Waals surface area contributed by atoms with E-state index < -0.39 is 0 Å². The zero-order chi connectivity index (χ0) is 10.7. The molecule has 3 nitrogen and oxygen atoms in total. The molecule has 1 N–H and O–H groups in total. The molecule has 1 aliphatic heterocycles. The van der Waals surface area contributed by atoms with Gasteiger partial charge in [-0.3, -0.25) is 4.79 Å². The number of carbonyl (C=O) groups excluding carboxylic acids is 1. The molecule has 80 valence electrons. The van der Waals surface area contributed by atoms with Gasteiger partial charge in [0.25, 0.3) is 0 Å². The predicted molar refractivity (Wildman–Crippen MR) is 63.4 cm³/mol. The third kappa shape index (κ3) is 2.86. The summed E-state index contributed by atoms with van der Waals surface area (Å²) in [6, 6.07) is 5.19. The van der Waals surface area contributed by atoms with Gasteiger partial charge in [0, 0.05) is 0 Å². The molecular weight excluding hydrogens is 232 g/mol. The molecule has 0 bridgehead atoms. The molecule has 1 fully saturated rings. The number of aromatic nitrogens is 1. The largest absolute Gasteiger partial charge is 0.310 e. The van der Waals surface area contributed by atoms with Gasteiger partial charge in [0.05, 0.1) is 5.25 Å². The van der Waals surface area contributed by atoms with Gasteiger partial charge < -0.3 is 5.32 Å². The number of rotatable bonds is 2. The number of hydrogen-bond donors (Lipinski definition) is 1. The van der Waals surface area contributed by atoms with E-state index in [4.69, 9.17) is 11.6 Å². The lowest BCUT2D eigenvalue weighted by atomic mass is 10.2. The molecule has 1 aromatic rings. The van der Waals surface area contributed by atoms with Crippen molar-refractivity contribution in [3.8, 4) is 0 Å². The predicted octanol–water partition coefficient (Wildman–Crippen LogP) is 2.57. The van der Waals surface area contributed by atoms with Crippen molar-refractivity contribution in [1.82, 2.24) is 4.98 Å². The van der Waals surface area contributed by atoms with Gasteiger partial charge >= 0.3 is 0 Å². The van der Waals surface area contributed by atoms with E-state index in [9.17, 15) is 4.79 Å². The van der Waals surface area contributed by atoms with Gasteiger partial charge in [-0.25, -0.2) is 4.98 Å². The van der Waals surface area contributed by atoms with E-state index in [0.717, 1.165) is 18.6 Å². The SMILES string of the molecule is O=C(Nc1cccc(Cl)n1)C1CCCS1. The molecular formula is C10H11ClN2OS. The smallest absolute Gasteiger partial charge is 0.238 e. The Morgan fingerprint density at radius 1 is 1.60 bits per heavy atom. The lowest BCUT2D eigenvalue weighted by molar-refractivity contribution is -0.115. The Balaban J connectivity index is 1.99. The van der Waals surface area contributed by atoms with Crippen molar-refractivity contribution in [3.05, 3.63) is 23.4 Å². The van der Waals surface area contributed by atoms with Gasteiger partial charge in [0.15, 0.2) is 0 Å². The Bertz CT molecular complexity index is 366. The first-order valence-corrected chi connectivity index (χ1v) is 6.23. The van der Waals surface area contributed by atoms with Gasteiger partial charge in [-0.1, -0.05) is 17.7 Å². The molecule has 5 heteroatoms. The molecule has 1 aromatic heterocycles. The van der Waals surface area contributed by atoms with Crippen LogP contribution in [0.15, 0.2) is 18.2 Å². The van der Waals surface area contributed by atoms with Crippen molar-refractivity contribution in [2.45, 2.75) is 18.1 Å². The summed E-state index contributed by atoms with van der Waals surface area (Å²) in [5, 5.41) is 3.24. The summed E-state index contributed by atoms with van der Waals surface area (Å²) in [4.78, 5) is 15.7. The molecule has 1 atom stereocenters. The molecule has 1 saturated heterocycles. The lowest BCUT2D eigenvalue weighted by Crippen LogP contribution is -2.23. The highest BCUT2D eigenvalue weighted by atomic mass is 35.5. The van der Waals surface area contributed by atoms with Crippen LogP contribution in [0.4, 0.5) is 5.82 Å². The zero-order valence-corrected chi connectivity index (χ0v) is 9.64. The average Bonchev–Trinajstić information content (AvgIpc) is 2.70. The number of hydrogen-bond acceptors (Lipinski definition) is 3. The fraction of sp³-hybridized carbons (Fsp3) is 0.400. The van der Waals surface area contributed by atoms with Crippen LogP contribution < -0.4 is 5.32 Å². The highest BCUT2D eigenvalue weighted by molar-refractivity contribution is 8.00. The second kappa shape index (κ2) is 4.86. The topological polar surface area (TPSA) is 42.0 Å². The van der Waals surface area contributed by atoms with Crippen molar-refractivity contribution in [2.24, 2.45) is 0 Å². The molecule has 0 aromatic carbocycles. The first kappa shape index (κ1) is 10.8. The number of anilines is 1. The monoisotopic (exact) mass is 242 g/mol. The Labute approximate surface area is 97.6 Å². The van der Waals surface area contributed by atoms with E-state index in [1.807, 2.05) is 0 Å². The van der Waals surface area contributed by atoms with E-state index in [2.05, 4.69) is 10.3 Å². The molecule has 1 aliphatic rings. The van der Waals surface area contributed by atoms with Crippen LogP contribution in [0.3, 0.4) is 0 Å². The Morgan fingerprint density at radius 2 is 2.47 bits per heavy atom. The molecule has 2 rings (SSSR count). The maximum absolute atomic E-state index is 11.7. The van der Waals surface area contributed by atoms with Gasteiger partial charge in [0.2, 0.25) is 5.91 Å². The summed E-state index contributed by atoms with van der Waals surface area (Å²) in [5.74, 6) is 1.63. The van der Waals surface area contributed by atoms with Gasteiger partial charge in [-0.15, -0.1) is 11.8 Å². The summed E-state index contributed by atoms with van der Waals surface area (Å²) in [6.45, 7) is 0. The zero-order valence-electron chi connectivity index (χ0n) is 8.07. The lowest BCUT2D eigenvalue weighted by Gasteiger charge is -2.08. The van der Waals surface area contributed by atoms with E-state index in [1.54, 1.807) is 30.0 Å². The van der Waals surface area contributed by atoms with E-state index in [0.29, 0.717) is 11.0 Å². The third-order valence-corrected chi connectivity index (χ3v) is 3.78. The molecule has 2 heterocycles. The number of nitrogens with one attached hydrogen (secondary N) is 1. The summed E-state index contributed by atoms with van der Waals surface area (Å²) in [6.07, 6.45) is 2.07. The second-order valence-electron chi connectivity index (χ2n) is 3.34. The quantitative estimate of drug-likeness (QED) is 0.811. The molecule has 15 heavy (non-hydrogen) atoms. The number of amides is 1. The first-order valence-electron chi connectivity index (χ1n) is 4.81. The van der Waals surface area contributed by atoms with Crippen LogP contribution in [0.25, 0.3) is 0 Å².